The average Bonchev–Trinajstić information content (AvgIpc) is 1.52. The van der Waals surface area contributed by atoms with Crippen LogP contribution in [-0.4, -0.2) is 9.97 Å². The predicted molar refractivity (Wildman–Crippen MR) is 356 cm³/mol. The minimum atomic E-state index is -0.560. The Bertz CT molecular complexity index is 5300. The number of fused-ring (bicyclic) bond motifs is 21. The highest BCUT2D eigenvalue weighted by Gasteiger charge is 2.53. The van der Waals surface area contributed by atoms with Gasteiger partial charge in [0.15, 0.2) is 11.5 Å². The first-order valence-corrected chi connectivity index (χ1v) is 29.9. The minimum Gasteiger partial charge on any atom is -0.238 e. The van der Waals surface area contributed by atoms with E-state index in [0.717, 1.165) is 72.2 Å². The average molecular weight is 1110 g/mol. The Labute approximate surface area is 510 Å². The maximum atomic E-state index is 9.81. The van der Waals surface area contributed by atoms with Crippen LogP contribution in [0, 0.1) is 17.9 Å². The van der Waals surface area contributed by atoms with E-state index in [9.17, 15) is 5.26 Å². The van der Waals surface area contributed by atoms with Gasteiger partial charge in [0.25, 0.3) is 0 Å². The van der Waals surface area contributed by atoms with Crippen molar-refractivity contribution in [3.8, 4) is 118 Å². The van der Waals surface area contributed by atoms with Crippen molar-refractivity contribution in [1.82, 2.24) is 9.97 Å². The molecule has 88 heavy (non-hydrogen) atoms. The topological polar surface area (TPSA) is 53.9 Å². The van der Waals surface area contributed by atoms with Gasteiger partial charge in [0.05, 0.1) is 40.2 Å². The zero-order valence-corrected chi connectivity index (χ0v) is 47.5. The van der Waals surface area contributed by atoms with Crippen LogP contribution >= 0.6 is 0 Å². The van der Waals surface area contributed by atoms with Crippen molar-refractivity contribution in [1.29, 1.82) is 5.26 Å². The quantitative estimate of drug-likeness (QED) is 0.156. The van der Waals surface area contributed by atoms with Crippen molar-refractivity contribution >= 4 is 16.6 Å². The van der Waals surface area contributed by atoms with Gasteiger partial charge in [0, 0.05) is 22.1 Å². The monoisotopic (exact) mass is 1110 g/mol. The lowest BCUT2D eigenvalue weighted by molar-refractivity contribution is 0.794. The summed E-state index contributed by atoms with van der Waals surface area (Å²) in [5.41, 5.74) is 32.1. The van der Waals surface area contributed by atoms with Gasteiger partial charge in [0.2, 0.25) is 0 Å². The summed E-state index contributed by atoms with van der Waals surface area (Å²) in [6, 6.07) is 108. The number of nitriles is 1. The van der Waals surface area contributed by atoms with Crippen LogP contribution in [0.2, 0.25) is 0 Å². The first-order valence-electron chi connectivity index (χ1n) is 29.9. The van der Waals surface area contributed by atoms with E-state index in [1.807, 2.05) is 42.5 Å². The van der Waals surface area contributed by atoms with E-state index in [2.05, 4.69) is 260 Å². The molecule has 4 heteroatoms. The van der Waals surface area contributed by atoms with E-state index in [-0.39, 0.29) is 0 Å². The highest BCUT2D eigenvalue weighted by atomic mass is 14.9. The third-order valence-electron chi connectivity index (χ3n) is 19.4. The van der Waals surface area contributed by atoms with Crippen molar-refractivity contribution in [3.63, 3.8) is 0 Å². The van der Waals surface area contributed by atoms with Crippen LogP contribution in [0.4, 0.5) is 5.69 Å². The molecule has 0 N–H and O–H groups in total. The fourth-order valence-electron chi connectivity index (χ4n) is 15.7. The molecule has 4 aliphatic carbocycles. The molecule has 0 amide bonds. The number of nitrogens with zero attached hydrogens (tertiary/aromatic N) is 4. The van der Waals surface area contributed by atoms with Gasteiger partial charge in [-0.05, 0) is 170 Å². The molecule has 0 saturated carbocycles. The SMILES string of the molecule is [C-]#[N+]c1cccc(-c2ccc(-c3nc(-c4ccc(-c5cccc(C#N)c5)cc4)nc4c(-c5ccc6c(c5)C5(c7ccccc7-c7ccccc75)c5ccccc5-6)cc(-c5ccc6c(c5)C5(c7ccccc7-c7ccccc75)c5ccccc5-6)cc34)cc2)c1. The van der Waals surface area contributed by atoms with Gasteiger partial charge in [0.1, 0.15) is 0 Å². The number of hydrogen-bond acceptors (Lipinski definition) is 3. The second-order valence-corrected chi connectivity index (χ2v) is 23.6. The van der Waals surface area contributed by atoms with Gasteiger partial charge in [-0.15, -0.1) is 0 Å². The molecule has 404 valence electrons. The van der Waals surface area contributed by atoms with Gasteiger partial charge < -0.3 is 0 Å². The largest absolute Gasteiger partial charge is 0.238 e. The van der Waals surface area contributed by atoms with Gasteiger partial charge in [-0.3, -0.25) is 0 Å². The Morgan fingerprint density at radius 3 is 1.18 bits per heavy atom. The molecule has 0 radical (unpaired) electrons. The highest BCUT2D eigenvalue weighted by Crippen LogP contribution is 2.65. The summed E-state index contributed by atoms with van der Waals surface area (Å²) in [4.78, 5) is 15.2. The molecule has 0 unspecified atom stereocenters. The van der Waals surface area contributed by atoms with Crippen LogP contribution in [0.5, 0.6) is 0 Å². The van der Waals surface area contributed by atoms with Gasteiger partial charge in [-0.25, -0.2) is 14.8 Å². The summed E-state index contributed by atoms with van der Waals surface area (Å²) in [6.07, 6.45) is 0. The first kappa shape index (κ1) is 49.6. The summed E-state index contributed by atoms with van der Waals surface area (Å²) in [7, 11) is 0. The summed E-state index contributed by atoms with van der Waals surface area (Å²) >= 11 is 0. The number of aromatic nitrogens is 2. The highest BCUT2D eigenvalue weighted by molar-refractivity contribution is 6.06. The van der Waals surface area contributed by atoms with E-state index >= 15 is 0 Å². The summed E-state index contributed by atoms with van der Waals surface area (Å²) in [6.45, 7) is 7.78. The second-order valence-electron chi connectivity index (χ2n) is 23.6. The molecule has 0 fully saturated rings. The summed E-state index contributed by atoms with van der Waals surface area (Å²) in [5, 5.41) is 10.7. The Balaban J connectivity index is 0.915. The van der Waals surface area contributed by atoms with Crippen LogP contribution < -0.4 is 0 Å². The Hall–Kier alpha value is -11.8. The van der Waals surface area contributed by atoms with Crippen molar-refractivity contribution in [2.24, 2.45) is 0 Å². The van der Waals surface area contributed by atoms with E-state index in [1.165, 1.54) is 89.0 Å². The van der Waals surface area contributed by atoms with Crippen molar-refractivity contribution in [3.05, 3.63) is 353 Å². The molecule has 0 bridgehead atoms. The third kappa shape index (κ3) is 6.89. The Morgan fingerprint density at radius 2 is 0.693 bits per heavy atom. The normalized spacial score (nSPS) is 13.4. The maximum Gasteiger partial charge on any atom is 0.187 e. The molecule has 0 aliphatic heterocycles. The van der Waals surface area contributed by atoms with Gasteiger partial charge >= 0.3 is 0 Å². The number of hydrogen-bond donors (Lipinski definition) is 0. The predicted octanol–water partition coefficient (Wildman–Crippen LogP) is 20.7. The molecule has 14 aromatic rings. The minimum absolute atomic E-state index is 0.529. The first-order chi connectivity index (χ1) is 43.5. The Morgan fingerprint density at radius 1 is 0.295 bits per heavy atom. The molecule has 18 rings (SSSR count). The zero-order chi connectivity index (χ0) is 58.2. The molecular weight excluding hydrogens is 1060 g/mol. The molecule has 2 spiro atoms. The fraction of sp³-hybridized carbons (Fsp3) is 0.0238. The van der Waals surface area contributed by atoms with E-state index in [4.69, 9.17) is 16.5 Å². The standard InChI is InChI=1S/C84H48N4/c1-86-61-19-15-18-57(45-61)53-32-36-54(37-33-53)80-71-47-60(58-40-42-68-66-24-6-12-30-76(66)83(78(68)48-58)72-26-8-2-20-62(72)63-21-3-9-27-73(63)83)46-70(81(71)88-82(87-80)55-38-34-52(35-39-55)56-17-14-16-51(44-56)50-85)59-41-43-69-67-25-7-13-31-77(67)84(79(69)49-59)74-28-10-4-22-64(74)65-23-5-11-29-75(65)84/h2-49H. The molecule has 1 heterocycles. The van der Waals surface area contributed by atoms with Crippen molar-refractivity contribution in [2.75, 3.05) is 0 Å². The second kappa shape index (κ2) is 18.8. The third-order valence-corrected chi connectivity index (χ3v) is 19.4. The molecule has 4 aliphatic rings. The molecule has 4 nitrogen and oxygen atoms in total. The van der Waals surface area contributed by atoms with E-state index in [0.29, 0.717) is 17.1 Å². The summed E-state index contributed by atoms with van der Waals surface area (Å²) in [5.74, 6) is 0.599. The van der Waals surface area contributed by atoms with E-state index < -0.39 is 10.8 Å². The van der Waals surface area contributed by atoms with E-state index in [1.54, 1.807) is 0 Å². The van der Waals surface area contributed by atoms with Crippen LogP contribution in [-0.2, 0) is 10.8 Å². The summed E-state index contributed by atoms with van der Waals surface area (Å²) < 4.78 is 0. The molecule has 0 saturated heterocycles. The Kier molecular flexibility index (Phi) is 10.6. The zero-order valence-electron chi connectivity index (χ0n) is 47.5. The smallest absolute Gasteiger partial charge is 0.187 e. The number of rotatable bonds is 6. The lowest BCUT2D eigenvalue weighted by Gasteiger charge is -2.31. The van der Waals surface area contributed by atoms with Crippen molar-refractivity contribution < 1.29 is 0 Å². The van der Waals surface area contributed by atoms with Crippen molar-refractivity contribution in [2.45, 2.75) is 10.8 Å². The van der Waals surface area contributed by atoms with Gasteiger partial charge in [-0.1, -0.05) is 249 Å². The van der Waals surface area contributed by atoms with Crippen LogP contribution in [0.15, 0.2) is 291 Å². The molecular formula is C84H48N4. The maximum absolute atomic E-state index is 9.81. The van der Waals surface area contributed by atoms with Crippen LogP contribution in [0.25, 0.3) is 127 Å². The van der Waals surface area contributed by atoms with Crippen LogP contribution in [0.3, 0.4) is 0 Å². The molecule has 1 aromatic heterocycles. The van der Waals surface area contributed by atoms with Crippen LogP contribution in [0.1, 0.15) is 50.1 Å². The fourth-order valence-corrected chi connectivity index (χ4v) is 15.7. The molecule has 0 atom stereocenters. The van der Waals surface area contributed by atoms with Gasteiger partial charge in [-0.2, -0.15) is 5.26 Å². The molecule has 13 aromatic carbocycles. The number of benzene rings is 13. The lowest BCUT2D eigenvalue weighted by Crippen LogP contribution is -2.25. The lowest BCUT2D eigenvalue weighted by atomic mass is 9.70.